The Hall–Kier alpha value is -1.12. The summed E-state index contributed by atoms with van der Waals surface area (Å²) in [5.74, 6) is 0. The first-order chi connectivity index (χ1) is 6.38. The number of para-hydroxylation sites is 1. The second-order valence-corrected chi connectivity index (χ2v) is 2.70. The molecule has 0 saturated heterocycles. The van der Waals surface area contributed by atoms with E-state index < -0.39 is 13.3 Å². The van der Waals surface area contributed by atoms with Gasteiger partial charge in [0.15, 0.2) is 0 Å². The van der Waals surface area contributed by atoms with Gasteiger partial charge in [0.2, 0.25) is 0 Å². The van der Waals surface area contributed by atoms with Gasteiger partial charge < -0.3 is 4.90 Å². The molecule has 1 aromatic carbocycles. The lowest BCUT2D eigenvalue weighted by molar-refractivity contribution is 0.458. The van der Waals surface area contributed by atoms with Crippen LogP contribution >= 0.6 is 0 Å². The van der Waals surface area contributed by atoms with Gasteiger partial charge in [0.05, 0.1) is 0 Å². The standard InChI is InChI=1S/C10H13F2N/c11-6-8-13(9-7-12)10-4-2-1-3-5-10/h1-5H,6-9H2. The number of halogens is 2. The number of hydrogen-bond donors (Lipinski definition) is 0. The molecule has 0 unspecified atom stereocenters. The van der Waals surface area contributed by atoms with Crippen molar-refractivity contribution < 1.29 is 8.78 Å². The highest BCUT2D eigenvalue weighted by Gasteiger charge is 2.03. The second-order valence-electron chi connectivity index (χ2n) is 2.70. The molecule has 0 amide bonds. The Kier molecular flexibility index (Phi) is 4.23. The molecular weight excluding hydrogens is 172 g/mol. The van der Waals surface area contributed by atoms with E-state index in [0.717, 1.165) is 5.69 Å². The lowest BCUT2D eigenvalue weighted by atomic mass is 10.3. The molecule has 0 radical (unpaired) electrons. The zero-order valence-corrected chi connectivity index (χ0v) is 7.42. The third kappa shape index (κ3) is 3.01. The summed E-state index contributed by atoms with van der Waals surface area (Å²) >= 11 is 0. The summed E-state index contributed by atoms with van der Waals surface area (Å²) in [6, 6.07) is 9.31. The van der Waals surface area contributed by atoms with E-state index in [-0.39, 0.29) is 13.1 Å². The molecule has 0 atom stereocenters. The predicted octanol–water partition coefficient (Wildman–Crippen LogP) is 2.43. The molecule has 0 aliphatic carbocycles. The van der Waals surface area contributed by atoms with Crippen LogP contribution in [0.4, 0.5) is 14.5 Å². The molecule has 1 rings (SSSR count). The zero-order chi connectivity index (χ0) is 9.52. The first-order valence-electron chi connectivity index (χ1n) is 4.30. The van der Waals surface area contributed by atoms with E-state index >= 15 is 0 Å². The van der Waals surface area contributed by atoms with Crippen LogP contribution in [0.1, 0.15) is 0 Å². The first kappa shape index (κ1) is 9.96. The molecule has 0 N–H and O–H groups in total. The molecule has 0 aliphatic rings. The van der Waals surface area contributed by atoms with Gasteiger partial charge in [-0.05, 0) is 12.1 Å². The molecule has 0 aromatic heterocycles. The van der Waals surface area contributed by atoms with Crippen molar-refractivity contribution in [3.8, 4) is 0 Å². The van der Waals surface area contributed by atoms with Crippen molar-refractivity contribution in [1.82, 2.24) is 0 Å². The van der Waals surface area contributed by atoms with Crippen molar-refractivity contribution in [2.45, 2.75) is 0 Å². The number of anilines is 1. The topological polar surface area (TPSA) is 3.24 Å². The molecule has 13 heavy (non-hydrogen) atoms. The minimum absolute atomic E-state index is 0.258. The van der Waals surface area contributed by atoms with E-state index in [0.29, 0.717) is 0 Å². The smallest absolute Gasteiger partial charge is 0.107 e. The lowest BCUT2D eigenvalue weighted by Crippen LogP contribution is -2.27. The van der Waals surface area contributed by atoms with Crippen molar-refractivity contribution in [2.24, 2.45) is 0 Å². The number of rotatable bonds is 5. The molecule has 0 heterocycles. The normalized spacial score (nSPS) is 10.0. The quantitative estimate of drug-likeness (QED) is 0.681. The monoisotopic (exact) mass is 185 g/mol. The summed E-state index contributed by atoms with van der Waals surface area (Å²) in [7, 11) is 0. The van der Waals surface area contributed by atoms with Gasteiger partial charge in [-0.15, -0.1) is 0 Å². The van der Waals surface area contributed by atoms with Crippen LogP contribution < -0.4 is 4.90 Å². The van der Waals surface area contributed by atoms with Crippen LogP contribution in [0.2, 0.25) is 0 Å². The van der Waals surface area contributed by atoms with Crippen molar-refractivity contribution >= 4 is 5.69 Å². The fraction of sp³-hybridized carbons (Fsp3) is 0.400. The van der Waals surface area contributed by atoms with Crippen LogP contribution in [-0.2, 0) is 0 Å². The van der Waals surface area contributed by atoms with Gasteiger partial charge in [-0.25, -0.2) is 8.78 Å². The minimum Gasteiger partial charge on any atom is -0.366 e. The highest BCUT2D eigenvalue weighted by atomic mass is 19.1. The van der Waals surface area contributed by atoms with Crippen LogP contribution in [0.5, 0.6) is 0 Å². The predicted molar refractivity (Wildman–Crippen MR) is 50.6 cm³/mol. The van der Waals surface area contributed by atoms with E-state index in [9.17, 15) is 8.78 Å². The average molecular weight is 185 g/mol. The first-order valence-corrected chi connectivity index (χ1v) is 4.30. The van der Waals surface area contributed by atoms with Gasteiger partial charge in [0.1, 0.15) is 13.3 Å². The highest BCUT2D eigenvalue weighted by Crippen LogP contribution is 2.12. The molecular formula is C10H13F2N. The molecule has 3 heteroatoms. The largest absolute Gasteiger partial charge is 0.366 e. The molecule has 0 saturated carbocycles. The average Bonchev–Trinajstić information content (AvgIpc) is 2.19. The van der Waals surface area contributed by atoms with Gasteiger partial charge in [-0.1, -0.05) is 18.2 Å². The summed E-state index contributed by atoms with van der Waals surface area (Å²) < 4.78 is 24.2. The van der Waals surface area contributed by atoms with Gasteiger partial charge in [-0.2, -0.15) is 0 Å². The summed E-state index contributed by atoms with van der Waals surface area (Å²) in [4.78, 5) is 1.69. The Labute approximate surface area is 77.0 Å². The van der Waals surface area contributed by atoms with E-state index in [2.05, 4.69) is 0 Å². The number of hydrogen-bond acceptors (Lipinski definition) is 1. The number of alkyl halides is 2. The maximum absolute atomic E-state index is 12.1. The van der Waals surface area contributed by atoms with Gasteiger partial charge in [0, 0.05) is 18.8 Å². The fourth-order valence-corrected chi connectivity index (χ4v) is 1.21. The Balaban J connectivity index is 2.64. The summed E-state index contributed by atoms with van der Waals surface area (Å²) in [6.07, 6.45) is 0. The molecule has 72 valence electrons. The van der Waals surface area contributed by atoms with Crippen LogP contribution in [0.15, 0.2) is 30.3 Å². The SMILES string of the molecule is FCCN(CCF)c1ccccc1. The Morgan fingerprint density at radius 2 is 1.46 bits per heavy atom. The van der Waals surface area contributed by atoms with Gasteiger partial charge >= 0.3 is 0 Å². The summed E-state index contributed by atoms with van der Waals surface area (Å²) in [6.45, 7) is -0.383. The molecule has 0 spiro atoms. The number of benzene rings is 1. The zero-order valence-electron chi connectivity index (χ0n) is 7.42. The molecule has 0 fully saturated rings. The molecule has 1 aromatic rings. The second kappa shape index (κ2) is 5.51. The van der Waals surface area contributed by atoms with E-state index in [1.807, 2.05) is 30.3 Å². The Morgan fingerprint density at radius 1 is 0.923 bits per heavy atom. The van der Waals surface area contributed by atoms with Crippen LogP contribution in [0.3, 0.4) is 0 Å². The third-order valence-electron chi connectivity index (χ3n) is 1.83. The summed E-state index contributed by atoms with van der Waals surface area (Å²) in [5.41, 5.74) is 0.873. The van der Waals surface area contributed by atoms with E-state index in [4.69, 9.17) is 0 Å². The van der Waals surface area contributed by atoms with E-state index in [1.165, 1.54) is 0 Å². The van der Waals surface area contributed by atoms with Crippen molar-refractivity contribution in [3.63, 3.8) is 0 Å². The number of nitrogens with zero attached hydrogens (tertiary/aromatic N) is 1. The molecule has 0 bridgehead atoms. The highest BCUT2D eigenvalue weighted by molar-refractivity contribution is 5.45. The third-order valence-corrected chi connectivity index (χ3v) is 1.83. The van der Waals surface area contributed by atoms with Gasteiger partial charge in [-0.3, -0.25) is 0 Å². The minimum atomic E-state index is -0.450. The molecule has 0 aliphatic heterocycles. The maximum Gasteiger partial charge on any atom is 0.107 e. The maximum atomic E-state index is 12.1. The summed E-state index contributed by atoms with van der Waals surface area (Å²) in [5, 5.41) is 0. The van der Waals surface area contributed by atoms with Crippen molar-refractivity contribution in [1.29, 1.82) is 0 Å². The van der Waals surface area contributed by atoms with Crippen LogP contribution in [-0.4, -0.2) is 26.4 Å². The Morgan fingerprint density at radius 3 is 1.92 bits per heavy atom. The lowest BCUT2D eigenvalue weighted by Gasteiger charge is -2.21. The Bertz CT molecular complexity index is 220. The fourth-order valence-electron chi connectivity index (χ4n) is 1.21. The molecule has 1 nitrogen and oxygen atoms in total. The van der Waals surface area contributed by atoms with Crippen LogP contribution in [0.25, 0.3) is 0 Å². The van der Waals surface area contributed by atoms with Gasteiger partial charge in [0.25, 0.3) is 0 Å². The van der Waals surface area contributed by atoms with Crippen molar-refractivity contribution in [3.05, 3.63) is 30.3 Å². The van der Waals surface area contributed by atoms with Crippen LogP contribution in [0, 0.1) is 0 Å². The van der Waals surface area contributed by atoms with E-state index in [1.54, 1.807) is 4.90 Å². The van der Waals surface area contributed by atoms with Crippen molar-refractivity contribution in [2.75, 3.05) is 31.3 Å².